The van der Waals surface area contributed by atoms with Crippen LogP contribution >= 0.6 is 11.6 Å². The number of hydrogen-bond acceptors (Lipinski definition) is 4. The van der Waals surface area contributed by atoms with E-state index < -0.39 is 28.2 Å². The number of nitrogens with zero attached hydrogens (tertiary/aromatic N) is 1. The van der Waals surface area contributed by atoms with Gasteiger partial charge in [-0.1, -0.05) is 17.7 Å². The molecule has 0 bridgehead atoms. The van der Waals surface area contributed by atoms with Gasteiger partial charge in [0.05, 0.1) is 28.6 Å². The Labute approximate surface area is 117 Å². The van der Waals surface area contributed by atoms with Gasteiger partial charge < -0.3 is 10.0 Å². The summed E-state index contributed by atoms with van der Waals surface area (Å²) in [6.07, 6.45) is -0.451. The molecule has 8 heteroatoms. The Kier molecular flexibility index (Phi) is 5.02. The third kappa shape index (κ3) is 4.60. The topological polar surface area (TPSA) is 86.7 Å². The lowest BCUT2D eigenvalue weighted by atomic mass is 10.2. The minimum Gasteiger partial charge on any atom is -0.481 e. The van der Waals surface area contributed by atoms with E-state index in [1.165, 1.54) is 0 Å². The molecule has 6 nitrogen and oxygen atoms in total. The van der Waals surface area contributed by atoms with Crippen LogP contribution in [0.4, 0.5) is 11.4 Å². The van der Waals surface area contributed by atoms with Crippen LogP contribution in [0.3, 0.4) is 0 Å². The molecule has 19 heavy (non-hydrogen) atoms. The number of aliphatic carboxylic acids is 1. The number of carboxylic acid groups (broad SMARTS) is 1. The van der Waals surface area contributed by atoms with Crippen molar-refractivity contribution in [2.75, 3.05) is 29.5 Å². The van der Waals surface area contributed by atoms with Crippen molar-refractivity contribution in [1.82, 2.24) is 0 Å². The zero-order chi connectivity index (χ0) is 14.6. The fraction of sp³-hybridized carbons (Fsp3) is 0.364. The summed E-state index contributed by atoms with van der Waals surface area (Å²) >= 11 is 6.01. The fourth-order valence-corrected chi connectivity index (χ4v) is 2.88. The van der Waals surface area contributed by atoms with E-state index in [4.69, 9.17) is 16.7 Å². The summed E-state index contributed by atoms with van der Waals surface area (Å²) in [7, 11) is -0.254. The number of anilines is 2. The summed E-state index contributed by atoms with van der Waals surface area (Å²) in [5.41, 5.74) is 0.853. The molecule has 1 rings (SSSR count). The highest BCUT2D eigenvalue weighted by Crippen LogP contribution is 2.33. The van der Waals surface area contributed by atoms with E-state index in [1.54, 1.807) is 37.2 Å². The summed E-state index contributed by atoms with van der Waals surface area (Å²) in [5.74, 6) is -1.65. The van der Waals surface area contributed by atoms with Crippen molar-refractivity contribution in [3.8, 4) is 0 Å². The molecule has 0 spiro atoms. The summed E-state index contributed by atoms with van der Waals surface area (Å²) in [6, 6.07) is 4.83. The molecule has 0 aliphatic rings. The van der Waals surface area contributed by atoms with Crippen LogP contribution in [-0.4, -0.2) is 39.3 Å². The van der Waals surface area contributed by atoms with Gasteiger partial charge in [0.15, 0.2) is 0 Å². The van der Waals surface area contributed by atoms with Crippen LogP contribution in [0.1, 0.15) is 6.42 Å². The number of sulfonamides is 1. The first-order chi connectivity index (χ1) is 8.73. The Morgan fingerprint density at radius 3 is 2.58 bits per heavy atom. The van der Waals surface area contributed by atoms with Gasteiger partial charge in [-0.25, -0.2) is 8.42 Å². The third-order valence-electron chi connectivity index (χ3n) is 2.28. The predicted octanol–water partition coefficient (Wildman–Crippen LogP) is 1.62. The first-order valence-corrected chi connectivity index (χ1v) is 7.44. The second-order valence-corrected chi connectivity index (χ2v) is 6.34. The number of rotatable bonds is 6. The molecule has 1 aromatic carbocycles. The molecule has 0 radical (unpaired) electrons. The second kappa shape index (κ2) is 6.12. The molecule has 0 aliphatic carbocycles. The van der Waals surface area contributed by atoms with E-state index in [-0.39, 0.29) is 0 Å². The fourth-order valence-electron chi connectivity index (χ4n) is 1.49. The van der Waals surface area contributed by atoms with Crippen molar-refractivity contribution in [3.63, 3.8) is 0 Å². The van der Waals surface area contributed by atoms with Crippen LogP contribution in [0, 0.1) is 0 Å². The molecule has 1 aromatic rings. The summed E-state index contributed by atoms with van der Waals surface area (Å²) in [4.78, 5) is 12.1. The molecule has 0 aliphatic heterocycles. The van der Waals surface area contributed by atoms with Gasteiger partial charge in [0.25, 0.3) is 0 Å². The maximum absolute atomic E-state index is 11.8. The van der Waals surface area contributed by atoms with Crippen LogP contribution in [0.15, 0.2) is 18.2 Å². The van der Waals surface area contributed by atoms with Gasteiger partial charge in [-0.2, -0.15) is 0 Å². The predicted molar refractivity (Wildman–Crippen MR) is 75.4 cm³/mol. The number of hydrogen-bond donors (Lipinski definition) is 2. The van der Waals surface area contributed by atoms with Crippen molar-refractivity contribution in [2.24, 2.45) is 0 Å². The lowest BCUT2D eigenvalue weighted by molar-refractivity contribution is -0.136. The second-order valence-electron chi connectivity index (χ2n) is 4.10. The largest absolute Gasteiger partial charge is 0.481 e. The number of nitrogens with one attached hydrogen (secondary N) is 1. The Bertz CT molecular complexity index is 572. The monoisotopic (exact) mass is 306 g/mol. The molecule has 0 fully saturated rings. The first-order valence-electron chi connectivity index (χ1n) is 5.41. The third-order valence-corrected chi connectivity index (χ3v) is 3.86. The molecule has 0 atom stereocenters. The Hall–Kier alpha value is -1.47. The molecule has 0 amide bonds. The normalized spacial score (nSPS) is 11.1. The van der Waals surface area contributed by atoms with Crippen molar-refractivity contribution in [1.29, 1.82) is 0 Å². The van der Waals surface area contributed by atoms with Gasteiger partial charge in [-0.3, -0.25) is 9.52 Å². The van der Waals surface area contributed by atoms with Gasteiger partial charge in [0, 0.05) is 14.1 Å². The Morgan fingerprint density at radius 1 is 1.42 bits per heavy atom. The summed E-state index contributed by atoms with van der Waals surface area (Å²) in [6.45, 7) is 0. The zero-order valence-electron chi connectivity index (χ0n) is 10.6. The number of para-hydroxylation sites is 1. The standard InChI is InChI=1S/C11H15ClN2O4S/c1-14(2)11-8(12)4-3-5-9(11)13-19(17,18)7-6-10(15)16/h3-5,13H,6-7H2,1-2H3,(H,15,16). The van der Waals surface area contributed by atoms with E-state index in [2.05, 4.69) is 4.72 Å². The van der Waals surface area contributed by atoms with Gasteiger partial charge in [-0.05, 0) is 12.1 Å². The number of halogens is 1. The molecular formula is C11H15ClN2O4S. The maximum atomic E-state index is 11.8. The maximum Gasteiger partial charge on any atom is 0.304 e. The van der Waals surface area contributed by atoms with Gasteiger partial charge >= 0.3 is 5.97 Å². The average Bonchev–Trinajstić information content (AvgIpc) is 2.25. The van der Waals surface area contributed by atoms with Crippen molar-refractivity contribution in [2.45, 2.75) is 6.42 Å². The van der Waals surface area contributed by atoms with Crippen LogP contribution in [0.2, 0.25) is 5.02 Å². The average molecular weight is 307 g/mol. The van der Waals surface area contributed by atoms with Crippen molar-refractivity contribution < 1.29 is 18.3 Å². The first kappa shape index (κ1) is 15.6. The van der Waals surface area contributed by atoms with Gasteiger partial charge in [0.2, 0.25) is 10.0 Å². The number of benzene rings is 1. The zero-order valence-corrected chi connectivity index (χ0v) is 12.1. The quantitative estimate of drug-likeness (QED) is 0.834. The molecule has 0 unspecified atom stereocenters. The summed E-state index contributed by atoms with van der Waals surface area (Å²) < 4.78 is 25.9. The Balaban J connectivity index is 2.99. The van der Waals surface area contributed by atoms with Crippen LogP contribution in [-0.2, 0) is 14.8 Å². The molecule has 2 N–H and O–H groups in total. The van der Waals surface area contributed by atoms with E-state index in [0.29, 0.717) is 16.4 Å². The van der Waals surface area contributed by atoms with Gasteiger partial charge in [-0.15, -0.1) is 0 Å². The molecular weight excluding hydrogens is 292 g/mol. The highest BCUT2D eigenvalue weighted by molar-refractivity contribution is 7.92. The molecule has 0 heterocycles. The molecule has 0 saturated heterocycles. The summed E-state index contributed by atoms with van der Waals surface area (Å²) in [5, 5.41) is 8.91. The van der Waals surface area contributed by atoms with Crippen molar-refractivity contribution in [3.05, 3.63) is 23.2 Å². The Morgan fingerprint density at radius 2 is 2.05 bits per heavy atom. The smallest absolute Gasteiger partial charge is 0.304 e. The highest BCUT2D eigenvalue weighted by atomic mass is 35.5. The van der Waals surface area contributed by atoms with E-state index in [0.717, 1.165) is 0 Å². The van der Waals surface area contributed by atoms with Crippen LogP contribution in [0.5, 0.6) is 0 Å². The van der Waals surface area contributed by atoms with Crippen LogP contribution in [0.25, 0.3) is 0 Å². The minimum absolute atomic E-state index is 0.322. The van der Waals surface area contributed by atoms with Crippen LogP contribution < -0.4 is 9.62 Å². The van der Waals surface area contributed by atoms with E-state index in [1.807, 2.05) is 0 Å². The van der Waals surface area contributed by atoms with E-state index in [9.17, 15) is 13.2 Å². The lowest BCUT2D eigenvalue weighted by Crippen LogP contribution is -2.21. The molecule has 0 aromatic heterocycles. The SMILES string of the molecule is CN(C)c1c(Cl)cccc1NS(=O)(=O)CCC(=O)O. The number of carbonyl (C=O) groups is 1. The highest BCUT2D eigenvalue weighted by Gasteiger charge is 2.17. The van der Waals surface area contributed by atoms with Crippen molar-refractivity contribution >= 4 is 39.0 Å². The minimum atomic E-state index is -3.72. The van der Waals surface area contributed by atoms with Gasteiger partial charge in [0.1, 0.15) is 0 Å². The molecule has 106 valence electrons. The number of carboxylic acids is 1. The van der Waals surface area contributed by atoms with E-state index >= 15 is 0 Å². The lowest BCUT2D eigenvalue weighted by Gasteiger charge is -2.19. The molecule has 0 saturated carbocycles.